The topological polar surface area (TPSA) is 81.4 Å². The van der Waals surface area contributed by atoms with Gasteiger partial charge in [-0.1, -0.05) is 13.8 Å². The molecule has 0 radical (unpaired) electrons. The summed E-state index contributed by atoms with van der Waals surface area (Å²) in [7, 11) is -3.59. The normalized spacial score (nSPS) is 13.7. The molecule has 0 aliphatic heterocycles. The van der Waals surface area contributed by atoms with Crippen molar-refractivity contribution < 1.29 is 13.2 Å². The molecule has 114 valence electrons. The molecule has 0 aliphatic carbocycles. The van der Waals surface area contributed by atoms with Gasteiger partial charge < -0.3 is 10.5 Å². The third-order valence-electron chi connectivity index (χ3n) is 3.00. The van der Waals surface area contributed by atoms with Crippen LogP contribution in [0.1, 0.15) is 26.3 Å². The minimum Gasteiger partial charge on any atom is -0.399 e. The molecule has 0 bridgehead atoms. The molecule has 0 saturated heterocycles. The molecule has 1 unspecified atom stereocenters. The van der Waals surface area contributed by atoms with Crippen LogP contribution in [0.15, 0.2) is 23.1 Å². The Morgan fingerprint density at radius 2 is 1.95 bits per heavy atom. The first kappa shape index (κ1) is 16.9. The number of rotatable bonds is 7. The summed E-state index contributed by atoms with van der Waals surface area (Å²) in [5.74, 6) is 0.137. The fourth-order valence-electron chi connectivity index (χ4n) is 1.81. The van der Waals surface area contributed by atoms with Crippen molar-refractivity contribution in [2.45, 2.75) is 38.6 Å². The van der Waals surface area contributed by atoms with Crippen LogP contribution in [0.25, 0.3) is 0 Å². The van der Waals surface area contributed by atoms with Gasteiger partial charge in [-0.3, -0.25) is 0 Å². The van der Waals surface area contributed by atoms with Crippen LogP contribution in [0.5, 0.6) is 0 Å². The number of benzene rings is 1. The first-order chi connectivity index (χ1) is 9.26. The summed E-state index contributed by atoms with van der Waals surface area (Å²) in [6, 6.07) is 4.55. The summed E-state index contributed by atoms with van der Waals surface area (Å²) in [6.07, 6.45) is 0. The minimum absolute atomic E-state index is 0.137. The lowest BCUT2D eigenvalue weighted by atomic mass is 10.1. The minimum atomic E-state index is -3.59. The quantitative estimate of drug-likeness (QED) is 0.754. The number of ether oxygens (including phenoxy) is 1. The molecule has 0 saturated carbocycles. The Morgan fingerprint density at radius 1 is 1.30 bits per heavy atom. The highest BCUT2D eigenvalue weighted by molar-refractivity contribution is 7.89. The molecule has 1 aromatic rings. The molecule has 3 N–H and O–H groups in total. The zero-order chi connectivity index (χ0) is 15.3. The van der Waals surface area contributed by atoms with Crippen molar-refractivity contribution in [1.82, 2.24) is 4.72 Å². The molecule has 20 heavy (non-hydrogen) atoms. The van der Waals surface area contributed by atoms with E-state index in [0.29, 0.717) is 18.9 Å². The van der Waals surface area contributed by atoms with Gasteiger partial charge in [0, 0.05) is 18.3 Å². The Morgan fingerprint density at radius 3 is 2.45 bits per heavy atom. The molecule has 0 aliphatic rings. The Hall–Kier alpha value is -1.11. The van der Waals surface area contributed by atoms with E-state index in [0.717, 1.165) is 5.56 Å². The number of anilines is 1. The summed E-state index contributed by atoms with van der Waals surface area (Å²) in [6.45, 7) is 8.52. The van der Waals surface area contributed by atoms with Gasteiger partial charge in [0.2, 0.25) is 10.0 Å². The highest BCUT2D eigenvalue weighted by Gasteiger charge is 2.23. The number of nitrogen functional groups attached to an aromatic ring is 1. The molecule has 0 heterocycles. The highest BCUT2D eigenvalue weighted by atomic mass is 32.2. The van der Waals surface area contributed by atoms with Crippen molar-refractivity contribution in [2.24, 2.45) is 5.92 Å². The van der Waals surface area contributed by atoms with Crippen LogP contribution in [0.4, 0.5) is 5.69 Å². The third-order valence-corrected chi connectivity index (χ3v) is 4.47. The molecule has 0 spiro atoms. The van der Waals surface area contributed by atoms with Crippen LogP contribution in [0.2, 0.25) is 0 Å². The summed E-state index contributed by atoms with van der Waals surface area (Å²) in [5, 5.41) is 0. The van der Waals surface area contributed by atoms with E-state index in [2.05, 4.69) is 4.72 Å². The van der Waals surface area contributed by atoms with E-state index >= 15 is 0 Å². The zero-order valence-electron chi connectivity index (χ0n) is 12.5. The zero-order valence-corrected chi connectivity index (χ0v) is 13.3. The Kier molecular flexibility index (Phi) is 5.98. The number of nitrogens with one attached hydrogen (secondary N) is 1. The Balaban J connectivity index is 2.97. The van der Waals surface area contributed by atoms with Crippen molar-refractivity contribution in [3.8, 4) is 0 Å². The highest BCUT2D eigenvalue weighted by Crippen LogP contribution is 2.17. The second-order valence-electron chi connectivity index (χ2n) is 5.21. The van der Waals surface area contributed by atoms with Crippen LogP contribution in [-0.2, 0) is 14.8 Å². The molecule has 1 rings (SSSR count). The maximum Gasteiger partial charge on any atom is 0.240 e. The van der Waals surface area contributed by atoms with Gasteiger partial charge in [0.05, 0.1) is 11.5 Å². The lowest BCUT2D eigenvalue weighted by molar-refractivity contribution is 0.116. The molecule has 0 amide bonds. The maximum atomic E-state index is 12.4. The first-order valence-corrected chi connectivity index (χ1v) is 8.21. The van der Waals surface area contributed by atoms with Crippen LogP contribution in [0.3, 0.4) is 0 Å². The predicted molar refractivity (Wildman–Crippen MR) is 81.0 cm³/mol. The van der Waals surface area contributed by atoms with Crippen LogP contribution < -0.4 is 10.5 Å². The van der Waals surface area contributed by atoms with E-state index in [1.165, 1.54) is 6.07 Å². The first-order valence-electron chi connectivity index (χ1n) is 6.73. The van der Waals surface area contributed by atoms with Crippen molar-refractivity contribution >= 4 is 15.7 Å². The van der Waals surface area contributed by atoms with Crippen LogP contribution >= 0.6 is 0 Å². The van der Waals surface area contributed by atoms with Gasteiger partial charge >= 0.3 is 0 Å². The van der Waals surface area contributed by atoms with Gasteiger partial charge in [0.1, 0.15) is 0 Å². The summed E-state index contributed by atoms with van der Waals surface area (Å²) < 4.78 is 32.8. The number of nitrogens with two attached hydrogens (primary N) is 1. The molecule has 0 fully saturated rings. The molecule has 1 atom stereocenters. The average Bonchev–Trinajstić information content (AvgIpc) is 2.32. The standard InChI is InChI=1S/C14H24N2O3S/c1-5-19-9-14(10(2)3)16-20(17,18)13-7-11(4)6-12(15)8-13/h6-8,10,14,16H,5,9,15H2,1-4H3. The number of sulfonamides is 1. The van der Waals surface area contributed by atoms with E-state index in [1.54, 1.807) is 12.1 Å². The number of hydrogen-bond donors (Lipinski definition) is 2. The fourth-order valence-corrected chi connectivity index (χ4v) is 3.31. The van der Waals surface area contributed by atoms with Crippen molar-refractivity contribution in [1.29, 1.82) is 0 Å². The van der Waals surface area contributed by atoms with E-state index in [-0.39, 0.29) is 16.9 Å². The SMILES string of the molecule is CCOCC(NS(=O)(=O)c1cc(C)cc(N)c1)C(C)C. The Labute approximate surface area is 121 Å². The number of aryl methyl sites for hydroxylation is 1. The molecule has 5 nitrogen and oxygen atoms in total. The number of hydrogen-bond acceptors (Lipinski definition) is 4. The van der Waals surface area contributed by atoms with Crippen molar-refractivity contribution in [3.63, 3.8) is 0 Å². The van der Waals surface area contributed by atoms with Gasteiger partial charge in [-0.05, 0) is 43.5 Å². The summed E-state index contributed by atoms with van der Waals surface area (Å²) in [4.78, 5) is 0.192. The second-order valence-corrected chi connectivity index (χ2v) is 6.92. The molecular formula is C14H24N2O3S. The van der Waals surface area contributed by atoms with Crippen molar-refractivity contribution in [2.75, 3.05) is 18.9 Å². The molecule has 0 aromatic heterocycles. The van der Waals surface area contributed by atoms with E-state index in [9.17, 15) is 8.42 Å². The van der Waals surface area contributed by atoms with E-state index < -0.39 is 10.0 Å². The lowest BCUT2D eigenvalue weighted by Gasteiger charge is -2.22. The predicted octanol–water partition coefficient (Wildman–Crippen LogP) is 1.92. The molecular weight excluding hydrogens is 276 g/mol. The van der Waals surface area contributed by atoms with E-state index in [4.69, 9.17) is 10.5 Å². The molecule has 1 aromatic carbocycles. The summed E-state index contributed by atoms with van der Waals surface area (Å²) >= 11 is 0. The largest absolute Gasteiger partial charge is 0.399 e. The van der Waals surface area contributed by atoms with Gasteiger partial charge in [0.15, 0.2) is 0 Å². The lowest BCUT2D eigenvalue weighted by Crippen LogP contribution is -2.41. The van der Waals surface area contributed by atoms with Crippen LogP contribution in [-0.4, -0.2) is 27.7 Å². The monoisotopic (exact) mass is 300 g/mol. The van der Waals surface area contributed by atoms with Crippen molar-refractivity contribution in [3.05, 3.63) is 23.8 Å². The fraction of sp³-hybridized carbons (Fsp3) is 0.571. The van der Waals surface area contributed by atoms with Crippen LogP contribution in [0, 0.1) is 12.8 Å². The van der Waals surface area contributed by atoms with Gasteiger partial charge in [-0.2, -0.15) is 0 Å². The van der Waals surface area contributed by atoms with E-state index in [1.807, 2.05) is 27.7 Å². The van der Waals surface area contributed by atoms with Gasteiger partial charge in [0.25, 0.3) is 0 Å². The average molecular weight is 300 g/mol. The molecule has 6 heteroatoms. The van der Waals surface area contributed by atoms with Gasteiger partial charge in [-0.25, -0.2) is 13.1 Å². The summed E-state index contributed by atoms with van der Waals surface area (Å²) in [5.41, 5.74) is 6.97. The van der Waals surface area contributed by atoms with Gasteiger partial charge in [-0.15, -0.1) is 0 Å². The maximum absolute atomic E-state index is 12.4. The smallest absolute Gasteiger partial charge is 0.240 e. The second kappa shape index (κ2) is 7.06. The third kappa shape index (κ3) is 4.77. The Bertz CT molecular complexity index is 521.